The van der Waals surface area contributed by atoms with Crippen LogP contribution in [0.2, 0.25) is 0 Å². The predicted molar refractivity (Wildman–Crippen MR) is 99.8 cm³/mol. The van der Waals surface area contributed by atoms with Crippen LogP contribution in [0.5, 0.6) is 0 Å². The number of pyridine rings is 1. The molecule has 1 amide bonds. The molecule has 1 unspecified atom stereocenters. The molecule has 0 bridgehead atoms. The SMILES string of the molecule is CCCN1CCCC1c1ccc(N(C(=O)OC(C)(C)C)C2CC2)nc1. The summed E-state index contributed by atoms with van der Waals surface area (Å²) in [4.78, 5) is 21.5. The Morgan fingerprint density at radius 3 is 2.64 bits per heavy atom. The Morgan fingerprint density at radius 2 is 2.08 bits per heavy atom. The molecule has 1 saturated carbocycles. The Bertz CT molecular complexity index is 590. The summed E-state index contributed by atoms with van der Waals surface area (Å²) in [6.45, 7) is 10.2. The van der Waals surface area contributed by atoms with Crippen molar-refractivity contribution in [3.8, 4) is 0 Å². The minimum absolute atomic E-state index is 0.233. The van der Waals surface area contributed by atoms with Gasteiger partial charge >= 0.3 is 6.09 Å². The van der Waals surface area contributed by atoms with Gasteiger partial charge in [0.15, 0.2) is 0 Å². The fraction of sp³-hybridized carbons (Fsp3) is 0.700. The number of hydrogen-bond acceptors (Lipinski definition) is 4. The van der Waals surface area contributed by atoms with Crippen LogP contribution in [0.4, 0.5) is 10.6 Å². The smallest absolute Gasteiger partial charge is 0.416 e. The Morgan fingerprint density at radius 1 is 1.32 bits per heavy atom. The van der Waals surface area contributed by atoms with E-state index in [4.69, 9.17) is 4.74 Å². The Labute approximate surface area is 151 Å². The van der Waals surface area contributed by atoms with Gasteiger partial charge < -0.3 is 4.74 Å². The summed E-state index contributed by atoms with van der Waals surface area (Å²) >= 11 is 0. The molecule has 1 aliphatic carbocycles. The van der Waals surface area contributed by atoms with Gasteiger partial charge in [0.1, 0.15) is 11.4 Å². The van der Waals surface area contributed by atoms with E-state index in [-0.39, 0.29) is 12.1 Å². The summed E-state index contributed by atoms with van der Waals surface area (Å²) in [6.07, 6.45) is 7.33. The first-order valence-corrected chi connectivity index (χ1v) is 9.61. The van der Waals surface area contributed by atoms with Crippen LogP contribution in [0.15, 0.2) is 18.3 Å². The number of anilines is 1. The van der Waals surface area contributed by atoms with Crippen LogP contribution in [0.25, 0.3) is 0 Å². The molecule has 1 atom stereocenters. The van der Waals surface area contributed by atoms with Crippen molar-refractivity contribution in [2.45, 2.75) is 77.5 Å². The average molecular weight is 345 g/mol. The van der Waals surface area contributed by atoms with Crippen LogP contribution in [-0.4, -0.2) is 40.7 Å². The van der Waals surface area contributed by atoms with Crippen molar-refractivity contribution in [1.82, 2.24) is 9.88 Å². The predicted octanol–water partition coefficient (Wildman–Crippen LogP) is 4.53. The molecular formula is C20H31N3O2. The lowest BCUT2D eigenvalue weighted by molar-refractivity contribution is 0.0576. The first-order chi connectivity index (χ1) is 11.9. The van der Waals surface area contributed by atoms with Crippen LogP contribution >= 0.6 is 0 Å². The topological polar surface area (TPSA) is 45.7 Å². The van der Waals surface area contributed by atoms with Gasteiger partial charge in [0.25, 0.3) is 0 Å². The third-order valence-electron chi connectivity index (χ3n) is 4.78. The number of hydrogen-bond donors (Lipinski definition) is 0. The summed E-state index contributed by atoms with van der Waals surface area (Å²) in [7, 11) is 0. The minimum Gasteiger partial charge on any atom is -0.443 e. The summed E-state index contributed by atoms with van der Waals surface area (Å²) in [5.41, 5.74) is 0.768. The zero-order chi connectivity index (χ0) is 18.0. The van der Waals surface area contributed by atoms with Crippen LogP contribution < -0.4 is 4.90 Å². The molecule has 0 radical (unpaired) electrons. The van der Waals surface area contributed by atoms with Gasteiger partial charge in [-0.05, 0) is 77.6 Å². The van der Waals surface area contributed by atoms with Crippen molar-refractivity contribution in [2.24, 2.45) is 0 Å². The van der Waals surface area contributed by atoms with Gasteiger partial charge in [0, 0.05) is 18.3 Å². The Hall–Kier alpha value is -1.62. The zero-order valence-electron chi connectivity index (χ0n) is 16.0. The van der Waals surface area contributed by atoms with E-state index in [1.807, 2.05) is 33.0 Å². The van der Waals surface area contributed by atoms with Gasteiger partial charge in [-0.2, -0.15) is 0 Å². The molecule has 1 aromatic heterocycles. The van der Waals surface area contributed by atoms with E-state index in [1.165, 1.54) is 31.4 Å². The highest BCUT2D eigenvalue weighted by Gasteiger charge is 2.37. The molecule has 25 heavy (non-hydrogen) atoms. The third-order valence-corrected chi connectivity index (χ3v) is 4.78. The first-order valence-electron chi connectivity index (χ1n) is 9.61. The number of carbonyl (C=O) groups excluding carboxylic acids is 1. The number of nitrogens with zero attached hydrogens (tertiary/aromatic N) is 3. The minimum atomic E-state index is -0.491. The fourth-order valence-electron chi connectivity index (χ4n) is 3.57. The molecule has 138 valence electrons. The van der Waals surface area contributed by atoms with Crippen LogP contribution in [0.3, 0.4) is 0 Å². The maximum atomic E-state index is 12.6. The van der Waals surface area contributed by atoms with Crippen LogP contribution in [0, 0.1) is 0 Å². The highest BCUT2D eigenvalue weighted by atomic mass is 16.6. The molecule has 3 rings (SSSR count). The third kappa shape index (κ3) is 4.51. The largest absolute Gasteiger partial charge is 0.443 e. The van der Waals surface area contributed by atoms with Gasteiger partial charge in [0.05, 0.1) is 0 Å². The van der Waals surface area contributed by atoms with E-state index < -0.39 is 5.60 Å². The van der Waals surface area contributed by atoms with Gasteiger partial charge in [0.2, 0.25) is 0 Å². The number of carbonyl (C=O) groups is 1. The quantitative estimate of drug-likeness (QED) is 0.786. The van der Waals surface area contributed by atoms with E-state index in [1.54, 1.807) is 4.90 Å². The maximum absolute atomic E-state index is 12.6. The summed E-state index contributed by atoms with van der Waals surface area (Å²) < 4.78 is 5.57. The van der Waals surface area contributed by atoms with E-state index in [0.717, 1.165) is 19.4 Å². The van der Waals surface area contributed by atoms with Gasteiger partial charge in [-0.1, -0.05) is 13.0 Å². The molecule has 5 heteroatoms. The normalized spacial score (nSPS) is 21.4. The van der Waals surface area contributed by atoms with Crippen LogP contribution in [0.1, 0.15) is 71.4 Å². The molecule has 1 aliphatic heterocycles. The molecule has 1 aromatic rings. The second kappa shape index (κ2) is 7.32. The second-order valence-electron chi connectivity index (χ2n) is 8.23. The fourth-order valence-corrected chi connectivity index (χ4v) is 3.57. The van der Waals surface area contributed by atoms with E-state index in [0.29, 0.717) is 11.9 Å². The molecule has 0 spiro atoms. The molecule has 1 saturated heterocycles. The van der Waals surface area contributed by atoms with Crippen molar-refractivity contribution in [3.05, 3.63) is 23.9 Å². The Kier molecular flexibility index (Phi) is 5.32. The maximum Gasteiger partial charge on any atom is 0.416 e. The van der Waals surface area contributed by atoms with Gasteiger partial charge in [-0.3, -0.25) is 9.80 Å². The first kappa shape index (κ1) is 18.2. The second-order valence-corrected chi connectivity index (χ2v) is 8.23. The van der Waals surface area contributed by atoms with E-state index in [2.05, 4.69) is 22.9 Å². The van der Waals surface area contributed by atoms with E-state index in [9.17, 15) is 4.79 Å². The van der Waals surface area contributed by atoms with Crippen molar-refractivity contribution in [3.63, 3.8) is 0 Å². The number of rotatable bonds is 5. The van der Waals surface area contributed by atoms with Crippen molar-refractivity contribution < 1.29 is 9.53 Å². The monoisotopic (exact) mass is 345 g/mol. The molecule has 5 nitrogen and oxygen atoms in total. The number of aromatic nitrogens is 1. The van der Waals surface area contributed by atoms with Crippen molar-refractivity contribution in [2.75, 3.05) is 18.0 Å². The lowest BCUT2D eigenvalue weighted by Gasteiger charge is -2.27. The van der Waals surface area contributed by atoms with Gasteiger partial charge in [-0.15, -0.1) is 0 Å². The number of amides is 1. The van der Waals surface area contributed by atoms with Gasteiger partial charge in [-0.25, -0.2) is 9.78 Å². The number of ether oxygens (including phenoxy) is 1. The Balaban J connectivity index is 1.74. The lowest BCUT2D eigenvalue weighted by Crippen LogP contribution is -2.38. The standard InChI is InChI=1S/C20H31N3O2/c1-5-12-22-13-6-7-17(22)15-8-11-18(21-14-15)23(16-9-10-16)19(24)25-20(2,3)4/h8,11,14,16-17H,5-7,9-10,12-13H2,1-4H3. The molecule has 2 aliphatic rings. The molecule has 2 fully saturated rings. The summed E-state index contributed by atoms with van der Waals surface area (Å²) in [6, 6.07) is 4.83. The summed E-state index contributed by atoms with van der Waals surface area (Å²) in [5.74, 6) is 0.709. The highest BCUT2D eigenvalue weighted by Crippen LogP contribution is 2.35. The molecule has 0 N–H and O–H groups in total. The average Bonchev–Trinajstić information content (AvgIpc) is 3.25. The zero-order valence-corrected chi connectivity index (χ0v) is 16.0. The molecule has 0 aromatic carbocycles. The lowest BCUT2D eigenvalue weighted by atomic mass is 10.1. The van der Waals surface area contributed by atoms with E-state index >= 15 is 0 Å². The molecular weight excluding hydrogens is 314 g/mol. The summed E-state index contributed by atoms with van der Waals surface area (Å²) in [5, 5.41) is 0. The molecule has 2 heterocycles. The highest BCUT2D eigenvalue weighted by molar-refractivity contribution is 5.88. The number of likely N-dealkylation sites (tertiary alicyclic amines) is 1. The van der Waals surface area contributed by atoms with Crippen molar-refractivity contribution in [1.29, 1.82) is 0 Å². The van der Waals surface area contributed by atoms with Crippen molar-refractivity contribution >= 4 is 11.9 Å². The van der Waals surface area contributed by atoms with Crippen LogP contribution in [-0.2, 0) is 4.74 Å².